The van der Waals surface area contributed by atoms with Crippen molar-refractivity contribution in [2.45, 2.75) is 19.0 Å². The van der Waals surface area contributed by atoms with E-state index in [1.807, 2.05) is 7.05 Å². The Bertz CT molecular complexity index is 566. The van der Waals surface area contributed by atoms with E-state index < -0.39 is 15.8 Å². The summed E-state index contributed by atoms with van der Waals surface area (Å²) >= 11 is 0. The first-order valence-corrected chi connectivity index (χ1v) is 7.81. The van der Waals surface area contributed by atoms with Gasteiger partial charge >= 0.3 is 5.97 Å². The van der Waals surface area contributed by atoms with Crippen LogP contribution in [0.2, 0.25) is 0 Å². The van der Waals surface area contributed by atoms with E-state index in [1.165, 1.54) is 0 Å². The summed E-state index contributed by atoms with van der Waals surface area (Å²) in [7, 11) is -1.20. The second kappa shape index (κ2) is 5.30. The minimum absolute atomic E-state index is 0.0398. The quantitative estimate of drug-likeness (QED) is 0.784. The molecule has 1 saturated heterocycles. The summed E-state index contributed by atoms with van der Waals surface area (Å²) in [5.74, 6) is -0.774. The molecule has 2 heterocycles. The molecule has 0 spiro atoms. The summed E-state index contributed by atoms with van der Waals surface area (Å²) in [5, 5.41) is 8.96. The summed E-state index contributed by atoms with van der Waals surface area (Å²) in [5.41, 5.74) is 0.866. The number of carboxylic acid groups (broad SMARTS) is 1. The lowest BCUT2D eigenvalue weighted by atomic mass is 10.2. The molecule has 1 fully saturated rings. The third-order valence-electron chi connectivity index (χ3n) is 3.34. The lowest BCUT2D eigenvalue weighted by molar-refractivity contribution is -0.139. The highest BCUT2D eigenvalue weighted by atomic mass is 32.2. The highest BCUT2D eigenvalue weighted by Crippen LogP contribution is 2.19. The molecule has 1 aliphatic heterocycles. The number of carboxylic acids is 1. The van der Waals surface area contributed by atoms with E-state index in [1.54, 1.807) is 22.0 Å². The largest absolute Gasteiger partial charge is 0.480 e. The lowest BCUT2D eigenvalue weighted by Gasteiger charge is -2.26. The van der Waals surface area contributed by atoms with E-state index in [0.29, 0.717) is 13.0 Å². The first kappa shape index (κ1) is 14.0. The van der Waals surface area contributed by atoms with Gasteiger partial charge in [-0.05, 0) is 6.42 Å². The molecule has 0 saturated carbocycles. The molecular weight excluding hydrogens is 270 g/mol. The number of aliphatic carboxylic acids is 1. The van der Waals surface area contributed by atoms with Gasteiger partial charge in [0, 0.05) is 25.8 Å². The van der Waals surface area contributed by atoms with Crippen molar-refractivity contribution in [3.8, 4) is 0 Å². The Balaban J connectivity index is 2.12. The minimum Gasteiger partial charge on any atom is -0.480 e. The van der Waals surface area contributed by atoms with E-state index in [4.69, 9.17) is 5.11 Å². The number of aromatic nitrogens is 2. The highest BCUT2D eigenvalue weighted by Gasteiger charge is 2.33. The van der Waals surface area contributed by atoms with Crippen LogP contribution in [0.1, 0.15) is 12.1 Å². The molecule has 0 aromatic carbocycles. The zero-order valence-corrected chi connectivity index (χ0v) is 11.5. The maximum absolute atomic E-state index is 11.5. The third kappa shape index (κ3) is 3.54. The van der Waals surface area contributed by atoms with Gasteiger partial charge in [-0.15, -0.1) is 0 Å². The molecule has 2 rings (SSSR count). The van der Waals surface area contributed by atoms with Crippen molar-refractivity contribution in [1.29, 1.82) is 0 Å². The fraction of sp³-hybridized carbons (Fsp3) is 0.636. The van der Waals surface area contributed by atoms with Crippen molar-refractivity contribution >= 4 is 15.8 Å². The summed E-state index contributed by atoms with van der Waals surface area (Å²) in [6.45, 7) is 0.231. The van der Waals surface area contributed by atoms with Gasteiger partial charge in [-0.3, -0.25) is 9.69 Å². The van der Waals surface area contributed by atoms with Crippen LogP contribution in [0.25, 0.3) is 0 Å². The molecule has 1 aliphatic rings. The van der Waals surface area contributed by atoms with Gasteiger partial charge in [0.1, 0.15) is 0 Å². The smallest absolute Gasteiger partial charge is 0.317 e. The Labute approximate surface area is 111 Å². The Kier molecular flexibility index (Phi) is 3.91. The standard InChI is InChI=1S/C11H17N3O4S/c1-13-8-12-4-10(13)5-14(6-11(15)16)9-2-3-19(17,18)7-9/h4,8-9H,2-3,5-7H2,1H3,(H,15,16). The van der Waals surface area contributed by atoms with E-state index >= 15 is 0 Å². The molecule has 1 N–H and O–H groups in total. The predicted molar refractivity (Wildman–Crippen MR) is 68.3 cm³/mol. The number of hydrogen-bond acceptors (Lipinski definition) is 5. The van der Waals surface area contributed by atoms with Gasteiger partial charge in [0.05, 0.1) is 30.1 Å². The lowest BCUT2D eigenvalue weighted by Crippen LogP contribution is -2.39. The zero-order valence-electron chi connectivity index (χ0n) is 10.7. The normalized spacial score (nSPS) is 21.9. The Morgan fingerprint density at radius 3 is 2.84 bits per heavy atom. The number of carbonyl (C=O) groups is 1. The molecule has 0 aliphatic carbocycles. The fourth-order valence-electron chi connectivity index (χ4n) is 2.30. The molecule has 0 bridgehead atoms. The number of imidazole rings is 1. The molecule has 0 amide bonds. The van der Waals surface area contributed by atoms with Gasteiger partial charge < -0.3 is 9.67 Å². The van der Waals surface area contributed by atoms with Crippen molar-refractivity contribution in [2.24, 2.45) is 7.05 Å². The van der Waals surface area contributed by atoms with Gasteiger partial charge in [0.15, 0.2) is 9.84 Å². The molecule has 1 atom stereocenters. The van der Waals surface area contributed by atoms with Crippen LogP contribution in [0.15, 0.2) is 12.5 Å². The topological polar surface area (TPSA) is 92.5 Å². The number of nitrogens with zero attached hydrogens (tertiary/aromatic N) is 3. The maximum Gasteiger partial charge on any atom is 0.317 e. The fourth-order valence-corrected chi connectivity index (χ4v) is 4.06. The van der Waals surface area contributed by atoms with Crippen molar-refractivity contribution < 1.29 is 18.3 Å². The molecule has 8 heteroatoms. The predicted octanol–water partition coefficient (Wildman–Crippen LogP) is -0.506. The van der Waals surface area contributed by atoms with Crippen LogP contribution >= 0.6 is 0 Å². The van der Waals surface area contributed by atoms with Gasteiger partial charge in [-0.2, -0.15) is 0 Å². The maximum atomic E-state index is 11.5. The Morgan fingerprint density at radius 1 is 1.63 bits per heavy atom. The van der Waals surface area contributed by atoms with E-state index in [0.717, 1.165) is 5.69 Å². The van der Waals surface area contributed by atoms with Crippen LogP contribution in [0.5, 0.6) is 0 Å². The van der Waals surface area contributed by atoms with E-state index in [-0.39, 0.29) is 24.1 Å². The number of rotatable bonds is 5. The van der Waals surface area contributed by atoms with Crippen LogP contribution in [0.4, 0.5) is 0 Å². The number of hydrogen-bond donors (Lipinski definition) is 1. The minimum atomic E-state index is -3.02. The molecule has 1 aromatic rings. The molecule has 0 radical (unpaired) electrons. The summed E-state index contributed by atoms with van der Waals surface area (Å²) in [6.07, 6.45) is 3.80. The highest BCUT2D eigenvalue weighted by molar-refractivity contribution is 7.91. The number of aryl methyl sites for hydroxylation is 1. The Morgan fingerprint density at radius 2 is 2.37 bits per heavy atom. The van der Waals surface area contributed by atoms with E-state index in [9.17, 15) is 13.2 Å². The van der Waals surface area contributed by atoms with Crippen LogP contribution in [-0.4, -0.2) is 58.0 Å². The summed E-state index contributed by atoms with van der Waals surface area (Å²) in [6, 6.07) is -0.226. The first-order valence-electron chi connectivity index (χ1n) is 5.99. The second-order valence-electron chi connectivity index (χ2n) is 4.85. The first-order chi connectivity index (χ1) is 8.87. The Hall–Kier alpha value is -1.41. The van der Waals surface area contributed by atoms with Gasteiger partial charge in [0.2, 0.25) is 0 Å². The molecule has 1 unspecified atom stereocenters. The van der Waals surface area contributed by atoms with Crippen molar-refractivity contribution in [2.75, 3.05) is 18.1 Å². The van der Waals surface area contributed by atoms with Crippen LogP contribution in [0, 0.1) is 0 Å². The molecule has 7 nitrogen and oxygen atoms in total. The molecule has 106 valence electrons. The van der Waals surface area contributed by atoms with E-state index in [2.05, 4.69) is 4.98 Å². The SMILES string of the molecule is Cn1cncc1CN(CC(=O)O)C1CCS(=O)(=O)C1. The van der Waals surface area contributed by atoms with Crippen molar-refractivity contribution in [3.63, 3.8) is 0 Å². The molecule has 1 aromatic heterocycles. The van der Waals surface area contributed by atoms with Crippen LogP contribution < -0.4 is 0 Å². The van der Waals surface area contributed by atoms with Gasteiger partial charge in [-0.1, -0.05) is 0 Å². The van der Waals surface area contributed by atoms with Gasteiger partial charge in [-0.25, -0.2) is 13.4 Å². The van der Waals surface area contributed by atoms with Crippen molar-refractivity contribution in [1.82, 2.24) is 14.5 Å². The number of sulfone groups is 1. The monoisotopic (exact) mass is 287 g/mol. The molecule has 19 heavy (non-hydrogen) atoms. The third-order valence-corrected chi connectivity index (χ3v) is 5.10. The van der Waals surface area contributed by atoms with Crippen LogP contribution in [0.3, 0.4) is 0 Å². The van der Waals surface area contributed by atoms with Gasteiger partial charge in [0.25, 0.3) is 0 Å². The average Bonchev–Trinajstić information content (AvgIpc) is 2.84. The summed E-state index contributed by atoms with van der Waals surface area (Å²) in [4.78, 5) is 16.6. The summed E-state index contributed by atoms with van der Waals surface area (Å²) < 4.78 is 24.8. The van der Waals surface area contributed by atoms with Crippen LogP contribution in [-0.2, 0) is 28.2 Å². The van der Waals surface area contributed by atoms with Crippen molar-refractivity contribution in [3.05, 3.63) is 18.2 Å². The second-order valence-corrected chi connectivity index (χ2v) is 7.08. The zero-order chi connectivity index (χ0) is 14.0. The molecular formula is C11H17N3O4S. The average molecular weight is 287 g/mol.